The first-order valence-corrected chi connectivity index (χ1v) is 10.4. The number of nitrogens with zero attached hydrogens (tertiary/aromatic N) is 1. The molecule has 0 saturated heterocycles. The van der Waals surface area contributed by atoms with Crippen LogP contribution in [0, 0.1) is 10.1 Å². The number of thiocarbonyl (C=S) groups is 1. The number of carbonyl (C=O) groups is 2. The van der Waals surface area contributed by atoms with E-state index in [1.54, 1.807) is 12.1 Å². The van der Waals surface area contributed by atoms with Gasteiger partial charge < -0.3 is 35.8 Å². The first kappa shape index (κ1) is 30.6. The molecule has 0 aliphatic heterocycles. The lowest BCUT2D eigenvalue weighted by molar-refractivity contribution is -0.757. The summed E-state index contributed by atoms with van der Waals surface area (Å²) in [5.41, 5.74) is 11.8. The number of carbonyl (C=O) groups excluding carboxylic acids is 2. The summed E-state index contributed by atoms with van der Waals surface area (Å²) in [5.74, 6) is -0.711. The van der Waals surface area contributed by atoms with E-state index in [-0.39, 0.29) is 37.3 Å². The molecule has 0 aliphatic rings. The maximum absolute atomic E-state index is 12.2. The highest BCUT2D eigenvalue weighted by atomic mass is 32.1. The second kappa shape index (κ2) is 17.1. The Morgan fingerprint density at radius 1 is 1.24 bits per heavy atom. The van der Waals surface area contributed by atoms with Crippen molar-refractivity contribution >= 4 is 35.3 Å². The SMILES string of the molecule is C.COc1cc(/C=C/C(=O)OCCCCO[N+](=O)[O-])ccc1OC(=O)C(N)CCCNC(N)=S. The summed E-state index contributed by atoms with van der Waals surface area (Å²) >= 11 is 4.70. The van der Waals surface area contributed by atoms with Gasteiger partial charge in [0.05, 0.1) is 20.3 Å². The molecule has 0 aliphatic carbocycles. The molecule has 5 N–H and O–H groups in total. The van der Waals surface area contributed by atoms with Gasteiger partial charge in [-0.05, 0) is 61.7 Å². The monoisotopic (exact) mass is 500 g/mol. The van der Waals surface area contributed by atoms with E-state index in [2.05, 4.69) is 10.2 Å². The van der Waals surface area contributed by atoms with Gasteiger partial charge >= 0.3 is 11.9 Å². The molecule has 0 spiro atoms. The van der Waals surface area contributed by atoms with Crippen LogP contribution in [0.4, 0.5) is 0 Å². The fourth-order valence-electron chi connectivity index (χ4n) is 2.44. The molecule has 0 radical (unpaired) electrons. The van der Waals surface area contributed by atoms with Crippen LogP contribution in [0.3, 0.4) is 0 Å². The summed E-state index contributed by atoms with van der Waals surface area (Å²) < 4.78 is 15.6. The Balaban J connectivity index is 0.0000109. The molecule has 0 amide bonds. The van der Waals surface area contributed by atoms with Crippen LogP contribution in [0.5, 0.6) is 11.5 Å². The van der Waals surface area contributed by atoms with Crippen LogP contribution in [0.2, 0.25) is 0 Å². The smallest absolute Gasteiger partial charge is 0.330 e. The van der Waals surface area contributed by atoms with Crippen molar-refractivity contribution in [2.45, 2.75) is 39.2 Å². The number of unbranched alkanes of at least 4 members (excludes halogenated alkanes) is 1. The van der Waals surface area contributed by atoms with Crippen LogP contribution in [-0.2, 0) is 19.2 Å². The zero-order chi connectivity index (χ0) is 24.6. The van der Waals surface area contributed by atoms with Crippen LogP contribution in [-0.4, -0.2) is 55.0 Å². The standard InChI is InChI=1S/C20H28N4O8S.CH4/c1-29-17-13-14(7-9-18(25)30-11-2-3-12-31-24(27)28)6-8-16(17)32-19(26)15(21)5-4-10-23-20(22)33;/h6-9,13,15H,2-5,10-12,21H2,1H3,(H3,22,23,33);1H4/b9-7+;. The van der Waals surface area contributed by atoms with Gasteiger partial charge in [-0.25, -0.2) is 9.59 Å². The highest BCUT2D eigenvalue weighted by Crippen LogP contribution is 2.29. The fourth-order valence-corrected chi connectivity index (χ4v) is 2.54. The highest BCUT2D eigenvalue weighted by Gasteiger charge is 2.18. The van der Waals surface area contributed by atoms with Gasteiger partial charge in [0.25, 0.3) is 5.09 Å². The molecule has 190 valence electrons. The van der Waals surface area contributed by atoms with E-state index in [9.17, 15) is 19.7 Å². The predicted octanol–water partition coefficient (Wildman–Crippen LogP) is 1.72. The summed E-state index contributed by atoms with van der Waals surface area (Å²) in [5, 5.41) is 12.1. The second-order valence-corrected chi connectivity index (χ2v) is 7.08. The molecule has 1 unspecified atom stereocenters. The summed E-state index contributed by atoms with van der Waals surface area (Å²) in [6.45, 7) is 0.554. The molecular formula is C21H32N4O8S. The molecule has 0 aromatic heterocycles. The first-order chi connectivity index (χ1) is 15.7. The third-order valence-corrected chi connectivity index (χ3v) is 4.23. The minimum Gasteiger partial charge on any atom is -0.493 e. The summed E-state index contributed by atoms with van der Waals surface area (Å²) in [6.07, 6.45) is 4.51. The zero-order valence-corrected chi connectivity index (χ0v) is 19.0. The van der Waals surface area contributed by atoms with Crippen LogP contribution in [0.15, 0.2) is 24.3 Å². The zero-order valence-electron chi connectivity index (χ0n) is 18.2. The molecule has 1 rings (SSSR count). The van der Waals surface area contributed by atoms with E-state index in [4.69, 9.17) is 37.9 Å². The molecule has 12 nitrogen and oxygen atoms in total. The van der Waals surface area contributed by atoms with Crippen molar-refractivity contribution in [3.05, 3.63) is 40.0 Å². The third-order valence-electron chi connectivity index (χ3n) is 4.08. The number of nitrogens with two attached hydrogens (primary N) is 2. The molecule has 1 aromatic rings. The van der Waals surface area contributed by atoms with Crippen molar-refractivity contribution in [1.29, 1.82) is 0 Å². The second-order valence-electron chi connectivity index (χ2n) is 6.64. The molecule has 0 fully saturated rings. The van der Waals surface area contributed by atoms with Gasteiger partial charge in [0.15, 0.2) is 16.6 Å². The van der Waals surface area contributed by atoms with Crippen LogP contribution < -0.4 is 26.3 Å². The third kappa shape index (κ3) is 13.2. The molecule has 0 heterocycles. The Labute approximate surface area is 203 Å². The van der Waals surface area contributed by atoms with E-state index in [1.165, 1.54) is 25.3 Å². The Morgan fingerprint density at radius 2 is 1.94 bits per heavy atom. The fraction of sp³-hybridized carbons (Fsp3) is 0.476. The Kier molecular flexibility index (Phi) is 15.3. The molecular weight excluding hydrogens is 468 g/mol. The molecule has 1 aromatic carbocycles. The lowest BCUT2D eigenvalue weighted by atomic mass is 10.1. The Morgan fingerprint density at radius 3 is 2.59 bits per heavy atom. The number of rotatable bonds is 15. The van der Waals surface area contributed by atoms with Crippen molar-refractivity contribution in [3.63, 3.8) is 0 Å². The molecule has 1 atom stereocenters. The molecule has 13 heteroatoms. The number of methoxy groups -OCH3 is 1. The van der Waals surface area contributed by atoms with E-state index in [1.807, 2.05) is 0 Å². The van der Waals surface area contributed by atoms with Crippen molar-refractivity contribution in [2.24, 2.45) is 11.5 Å². The normalized spacial score (nSPS) is 11.1. The first-order valence-electron chi connectivity index (χ1n) is 10.0. The lowest BCUT2D eigenvalue weighted by Gasteiger charge is -2.14. The van der Waals surface area contributed by atoms with Crippen LogP contribution >= 0.6 is 12.2 Å². The van der Waals surface area contributed by atoms with E-state index >= 15 is 0 Å². The van der Waals surface area contributed by atoms with Gasteiger partial charge in [0, 0.05) is 12.6 Å². The minimum atomic E-state index is -0.872. The molecule has 0 saturated carbocycles. The number of hydrogen-bond acceptors (Lipinski definition) is 10. The van der Waals surface area contributed by atoms with Crippen molar-refractivity contribution in [2.75, 3.05) is 26.9 Å². The predicted molar refractivity (Wildman–Crippen MR) is 130 cm³/mol. The number of benzene rings is 1. The van der Waals surface area contributed by atoms with E-state index in [0.717, 1.165) is 0 Å². The topological polar surface area (TPSA) is 178 Å². The number of nitrogens with one attached hydrogen (secondary N) is 1. The van der Waals surface area contributed by atoms with Gasteiger partial charge in [-0.15, -0.1) is 10.1 Å². The maximum atomic E-state index is 12.2. The minimum absolute atomic E-state index is 0. The van der Waals surface area contributed by atoms with Gasteiger partial charge in [-0.3, -0.25) is 0 Å². The Bertz CT molecular complexity index is 850. The van der Waals surface area contributed by atoms with Crippen LogP contribution in [0.25, 0.3) is 6.08 Å². The van der Waals surface area contributed by atoms with E-state index < -0.39 is 23.1 Å². The maximum Gasteiger partial charge on any atom is 0.330 e. The summed E-state index contributed by atoms with van der Waals surface area (Å²) in [4.78, 5) is 38.2. The lowest BCUT2D eigenvalue weighted by Crippen LogP contribution is -2.36. The number of hydrogen-bond donors (Lipinski definition) is 3. The molecule has 34 heavy (non-hydrogen) atoms. The van der Waals surface area contributed by atoms with Gasteiger partial charge in [-0.2, -0.15) is 0 Å². The molecule has 0 bridgehead atoms. The van der Waals surface area contributed by atoms with Gasteiger partial charge in [0.2, 0.25) is 0 Å². The number of ether oxygens (including phenoxy) is 3. The van der Waals surface area contributed by atoms with Crippen molar-refractivity contribution in [3.8, 4) is 11.5 Å². The van der Waals surface area contributed by atoms with Gasteiger partial charge in [-0.1, -0.05) is 13.5 Å². The Hall–Kier alpha value is -3.45. The summed E-state index contributed by atoms with van der Waals surface area (Å²) in [6, 6.07) is 3.90. The summed E-state index contributed by atoms with van der Waals surface area (Å²) in [7, 11) is 1.42. The quantitative estimate of drug-likeness (QED) is 0.0605. The van der Waals surface area contributed by atoms with Crippen molar-refractivity contribution < 1.29 is 33.7 Å². The highest BCUT2D eigenvalue weighted by molar-refractivity contribution is 7.80. The van der Waals surface area contributed by atoms with Gasteiger partial charge in [0.1, 0.15) is 6.04 Å². The van der Waals surface area contributed by atoms with E-state index in [0.29, 0.717) is 37.8 Å². The largest absolute Gasteiger partial charge is 0.493 e. The van der Waals surface area contributed by atoms with Crippen molar-refractivity contribution in [1.82, 2.24) is 5.32 Å². The number of esters is 2. The average Bonchev–Trinajstić information content (AvgIpc) is 2.77. The van der Waals surface area contributed by atoms with Crippen LogP contribution in [0.1, 0.15) is 38.7 Å². The average molecular weight is 501 g/mol.